The first kappa shape index (κ1) is 26.2. The molecule has 0 radical (unpaired) electrons. The molecule has 1 unspecified atom stereocenters. The summed E-state index contributed by atoms with van der Waals surface area (Å²) in [6.07, 6.45) is 0. The number of hydrogen-bond acceptors (Lipinski definition) is 7. The second-order valence-electron chi connectivity index (χ2n) is 7.81. The molecular formula is C27H24FN3O4S2. The van der Waals surface area contributed by atoms with Gasteiger partial charge in [0.15, 0.2) is 5.13 Å². The number of methoxy groups -OCH3 is 2. The molecular weight excluding hydrogens is 513 g/mol. The minimum absolute atomic E-state index is 0.210. The van der Waals surface area contributed by atoms with Crippen LogP contribution in [0, 0.1) is 5.82 Å². The predicted octanol–water partition coefficient (Wildman–Crippen LogP) is 6.34. The molecule has 2 amide bonds. The summed E-state index contributed by atoms with van der Waals surface area (Å²) in [7, 11) is 2.98. The van der Waals surface area contributed by atoms with Crippen molar-refractivity contribution >= 4 is 45.7 Å². The number of amides is 2. The second-order valence-corrected chi connectivity index (χ2v) is 10.1. The Hall–Kier alpha value is -3.89. The van der Waals surface area contributed by atoms with Crippen LogP contribution in [0.3, 0.4) is 0 Å². The number of carbonyl (C=O) groups is 2. The molecule has 2 N–H and O–H groups in total. The SMILES string of the molecule is COc1cccc(OC)c1C(=O)Nc1cccc(SC(C)C(=O)Nc2nc(-c3ccc(F)cc3)cs2)c1. The summed E-state index contributed by atoms with van der Waals surface area (Å²) in [6, 6.07) is 18.4. The van der Waals surface area contributed by atoms with Gasteiger partial charge in [-0.15, -0.1) is 23.1 Å². The van der Waals surface area contributed by atoms with E-state index in [0.717, 1.165) is 10.5 Å². The molecule has 1 heterocycles. The molecule has 1 aromatic heterocycles. The van der Waals surface area contributed by atoms with Crippen LogP contribution in [-0.2, 0) is 4.79 Å². The summed E-state index contributed by atoms with van der Waals surface area (Å²) in [4.78, 5) is 31.0. The van der Waals surface area contributed by atoms with Gasteiger partial charge in [-0.05, 0) is 61.5 Å². The number of thiazole rings is 1. The zero-order chi connectivity index (χ0) is 26.4. The van der Waals surface area contributed by atoms with Gasteiger partial charge in [0.05, 0.1) is 25.2 Å². The Labute approximate surface area is 222 Å². The molecule has 0 fully saturated rings. The number of hydrogen-bond donors (Lipinski definition) is 2. The van der Waals surface area contributed by atoms with E-state index in [4.69, 9.17) is 9.47 Å². The number of benzene rings is 3. The van der Waals surface area contributed by atoms with Gasteiger partial charge in [0, 0.05) is 21.5 Å². The van der Waals surface area contributed by atoms with E-state index in [1.165, 1.54) is 49.5 Å². The highest BCUT2D eigenvalue weighted by atomic mass is 32.2. The van der Waals surface area contributed by atoms with E-state index < -0.39 is 5.25 Å². The van der Waals surface area contributed by atoms with Crippen molar-refractivity contribution in [2.45, 2.75) is 17.1 Å². The van der Waals surface area contributed by atoms with E-state index in [1.54, 1.807) is 55.5 Å². The van der Waals surface area contributed by atoms with Crippen molar-refractivity contribution < 1.29 is 23.5 Å². The summed E-state index contributed by atoms with van der Waals surface area (Å²) in [5, 5.41) is 7.54. The van der Waals surface area contributed by atoms with Crippen LogP contribution < -0.4 is 20.1 Å². The number of rotatable bonds is 9. The van der Waals surface area contributed by atoms with Gasteiger partial charge in [0.1, 0.15) is 22.9 Å². The lowest BCUT2D eigenvalue weighted by molar-refractivity contribution is -0.115. The molecule has 3 aromatic carbocycles. The zero-order valence-corrected chi connectivity index (χ0v) is 21.9. The Bertz CT molecular complexity index is 1390. The quantitative estimate of drug-likeness (QED) is 0.242. The summed E-state index contributed by atoms with van der Waals surface area (Å²) < 4.78 is 23.8. The van der Waals surface area contributed by atoms with Crippen LogP contribution in [0.25, 0.3) is 11.3 Å². The minimum Gasteiger partial charge on any atom is -0.496 e. The van der Waals surface area contributed by atoms with Crippen molar-refractivity contribution in [2.24, 2.45) is 0 Å². The average Bonchev–Trinajstić information content (AvgIpc) is 3.37. The average molecular weight is 538 g/mol. The lowest BCUT2D eigenvalue weighted by Crippen LogP contribution is -2.22. The summed E-state index contributed by atoms with van der Waals surface area (Å²) in [5.74, 6) is -0.0995. The first-order valence-electron chi connectivity index (χ1n) is 11.2. The molecule has 0 spiro atoms. The molecule has 0 saturated carbocycles. The molecule has 37 heavy (non-hydrogen) atoms. The third-order valence-corrected chi connectivity index (χ3v) is 7.15. The number of carbonyl (C=O) groups excluding carboxylic acids is 2. The highest BCUT2D eigenvalue weighted by Crippen LogP contribution is 2.31. The van der Waals surface area contributed by atoms with Gasteiger partial charge in [0.25, 0.3) is 5.91 Å². The van der Waals surface area contributed by atoms with Gasteiger partial charge in [-0.25, -0.2) is 9.37 Å². The van der Waals surface area contributed by atoms with E-state index in [9.17, 15) is 14.0 Å². The second kappa shape index (κ2) is 11.9. The fourth-order valence-corrected chi connectivity index (χ4v) is 5.11. The van der Waals surface area contributed by atoms with Crippen molar-refractivity contribution in [3.63, 3.8) is 0 Å². The Morgan fingerprint density at radius 3 is 2.32 bits per heavy atom. The number of nitrogens with zero attached hydrogens (tertiary/aromatic N) is 1. The third kappa shape index (κ3) is 6.46. The summed E-state index contributed by atoms with van der Waals surface area (Å²) >= 11 is 2.65. The number of halogens is 1. The monoisotopic (exact) mass is 537 g/mol. The lowest BCUT2D eigenvalue weighted by atomic mass is 10.1. The van der Waals surface area contributed by atoms with Crippen molar-refractivity contribution in [3.8, 4) is 22.8 Å². The van der Waals surface area contributed by atoms with Crippen LogP contribution in [0.5, 0.6) is 11.5 Å². The Balaban J connectivity index is 1.39. The van der Waals surface area contributed by atoms with Crippen LogP contribution in [0.2, 0.25) is 0 Å². The molecule has 4 aromatic rings. The fraction of sp³-hybridized carbons (Fsp3) is 0.148. The number of ether oxygens (including phenoxy) is 2. The highest BCUT2D eigenvalue weighted by molar-refractivity contribution is 8.00. The van der Waals surface area contributed by atoms with Gasteiger partial charge in [-0.2, -0.15) is 0 Å². The molecule has 4 rings (SSSR count). The molecule has 0 saturated heterocycles. The van der Waals surface area contributed by atoms with Gasteiger partial charge >= 0.3 is 0 Å². The maximum atomic E-state index is 13.2. The number of thioether (sulfide) groups is 1. The third-order valence-electron chi connectivity index (χ3n) is 5.30. The predicted molar refractivity (Wildman–Crippen MR) is 145 cm³/mol. The maximum Gasteiger partial charge on any atom is 0.263 e. The van der Waals surface area contributed by atoms with E-state index in [2.05, 4.69) is 15.6 Å². The van der Waals surface area contributed by atoms with E-state index >= 15 is 0 Å². The first-order chi connectivity index (χ1) is 17.9. The van der Waals surface area contributed by atoms with Crippen molar-refractivity contribution in [3.05, 3.63) is 83.5 Å². The number of anilines is 2. The van der Waals surface area contributed by atoms with Crippen LogP contribution in [0.4, 0.5) is 15.2 Å². The lowest BCUT2D eigenvalue weighted by Gasteiger charge is -2.14. The van der Waals surface area contributed by atoms with E-state index in [1.807, 2.05) is 11.4 Å². The summed E-state index contributed by atoms with van der Waals surface area (Å²) in [6.45, 7) is 1.79. The van der Waals surface area contributed by atoms with Crippen molar-refractivity contribution in [1.29, 1.82) is 0 Å². The normalized spacial score (nSPS) is 11.5. The van der Waals surface area contributed by atoms with E-state index in [-0.39, 0.29) is 17.6 Å². The molecule has 7 nitrogen and oxygen atoms in total. The zero-order valence-electron chi connectivity index (χ0n) is 20.3. The molecule has 1 atom stereocenters. The molecule has 190 valence electrons. The van der Waals surface area contributed by atoms with Gasteiger partial charge in [-0.3, -0.25) is 9.59 Å². The summed E-state index contributed by atoms with van der Waals surface area (Å²) in [5.41, 5.74) is 2.29. The Morgan fingerprint density at radius 2 is 1.65 bits per heavy atom. The first-order valence-corrected chi connectivity index (χ1v) is 12.9. The molecule has 10 heteroatoms. The largest absolute Gasteiger partial charge is 0.496 e. The van der Waals surface area contributed by atoms with Crippen LogP contribution in [-0.4, -0.2) is 36.3 Å². The number of aromatic nitrogens is 1. The minimum atomic E-state index is -0.432. The highest BCUT2D eigenvalue weighted by Gasteiger charge is 2.20. The maximum absolute atomic E-state index is 13.2. The molecule has 0 aliphatic rings. The topological polar surface area (TPSA) is 89.5 Å². The smallest absolute Gasteiger partial charge is 0.263 e. The van der Waals surface area contributed by atoms with Gasteiger partial charge in [0.2, 0.25) is 5.91 Å². The fourth-order valence-electron chi connectivity index (χ4n) is 3.46. The Kier molecular flexibility index (Phi) is 8.42. The van der Waals surface area contributed by atoms with Crippen LogP contribution in [0.15, 0.2) is 77.0 Å². The van der Waals surface area contributed by atoms with Crippen molar-refractivity contribution in [1.82, 2.24) is 4.98 Å². The van der Waals surface area contributed by atoms with Gasteiger partial charge < -0.3 is 20.1 Å². The molecule has 0 aliphatic carbocycles. The molecule has 0 bridgehead atoms. The number of nitrogens with one attached hydrogen (secondary N) is 2. The van der Waals surface area contributed by atoms with Crippen LogP contribution >= 0.6 is 23.1 Å². The van der Waals surface area contributed by atoms with E-state index in [0.29, 0.717) is 33.6 Å². The molecule has 0 aliphatic heterocycles. The van der Waals surface area contributed by atoms with Crippen molar-refractivity contribution in [2.75, 3.05) is 24.9 Å². The standard InChI is InChI=1S/C27H24FN3O4S2/c1-16(25(32)31-27-30-21(15-36-27)17-10-12-18(28)13-11-17)37-20-7-4-6-19(14-20)29-26(33)24-22(34-2)8-5-9-23(24)35-3/h4-16H,1-3H3,(H,29,33)(H,30,31,32). The van der Waals surface area contributed by atoms with Gasteiger partial charge in [-0.1, -0.05) is 12.1 Å². The van der Waals surface area contributed by atoms with Crippen LogP contribution in [0.1, 0.15) is 17.3 Å². The Morgan fingerprint density at radius 1 is 0.973 bits per heavy atom.